The van der Waals surface area contributed by atoms with Crippen LogP contribution >= 0.6 is 0 Å². The average molecular weight is 316 g/mol. The molecule has 0 aromatic carbocycles. The van der Waals surface area contributed by atoms with E-state index in [9.17, 15) is 14.4 Å². The maximum absolute atomic E-state index is 10.1. The summed E-state index contributed by atoms with van der Waals surface area (Å²) in [6, 6.07) is -1.70. The third-order valence-corrected chi connectivity index (χ3v) is 2.31. The molecule has 0 radical (unpaired) electrons. The number of carbonyl (C=O) groups is 3. The Hall–Kier alpha value is -0.710. The van der Waals surface area contributed by atoms with E-state index in [1.165, 1.54) is 0 Å². The van der Waals surface area contributed by atoms with Crippen molar-refractivity contribution < 1.29 is 24.6 Å². The molecule has 0 unspecified atom stereocenters. The van der Waals surface area contributed by atoms with Gasteiger partial charge in [0.05, 0.1) is 0 Å². The van der Waals surface area contributed by atoms with Gasteiger partial charge in [-0.15, -0.1) is 0 Å². The molecule has 2 atom stereocenters. The molecule has 0 spiro atoms. The van der Waals surface area contributed by atoms with Gasteiger partial charge in [0.1, 0.15) is 12.1 Å². The number of primary amides is 1. The van der Waals surface area contributed by atoms with Crippen molar-refractivity contribution in [2.45, 2.75) is 44.2 Å². The van der Waals surface area contributed by atoms with Crippen molar-refractivity contribution in [2.75, 3.05) is 6.54 Å². The van der Waals surface area contributed by atoms with Gasteiger partial charge in [0.25, 0.3) is 0 Å². The summed E-state index contributed by atoms with van der Waals surface area (Å²) in [7, 11) is 0. The van der Waals surface area contributed by atoms with Crippen LogP contribution in [-0.4, -0.2) is 76.2 Å². The number of carbonyl (C=O) groups excluding carboxylic acids is 1. The first-order chi connectivity index (χ1) is 9.22. The van der Waals surface area contributed by atoms with Crippen LogP contribution in [0.1, 0.15) is 32.1 Å². The van der Waals surface area contributed by atoms with Gasteiger partial charge >= 0.3 is 41.5 Å². The van der Waals surface area contributed by atoms with Crippen molar-refractivity contribution >= 4 is 47.4 Å². The van der Waals surface area contributed by atoms with E-state index < -0.39 is 29.9 Å². The Morgan fingerprint density at radius 3 is 1.67 bits per heavy atom. The fraction of sp³-hybridized carbons (Fsp3) is 0.727. The van der Waals surface area contributed by atoms with Crippen molar-refractivity contribution in [3.63, 3.8) is 0 Å². The summed E-state index contributed by atoms with van der Waals surface area (Å²) >= 11 is 0. The molecule has 0 aliphatic carbocycles. The van der Waals surface area contributed by atoms with Crippen molar-refractivity contribution in [3.05, 3.63) is 0 Å². The zero-order chi connectivity index (χ0) is 16.1. The maximum atomic E-state index is 10.1. The Bertz CT molecular complexity index is 317. The van der Waals surface area contributed by atoms with Crippen LogP contribution in [0.15, 0.2) is 0 Å². The van der Waals surface area contributed by atoms with E-state index in [1.54, 1.807) is 0 Å². The molecular weight excluding hydrogens is 291 g/mol. The number of aliphatic carboxylic acids is 2. The number of amides is 1. The number of hydrogen-bond donors (Lipinski definition) is 6. The van der Waals surface area contributed by atoms with Crippen LogP contribution in [0, 0.1) is 0 Å². The molecule has 10 heteroatoms. The number of nitrogens with two attached hydrogens (primary N) is 4. The zero-order valence-corrected chi connectivity index (χ0v) is 11.3. The second-order valence-corrected chi connectivity index (χ2v) is 4.18. The number of carboxylic acid groups (broad SMARTS) is 2. The fourth-order valence-corrected chi connectivity index (χ4v) is 1.05. The van der Waals surface area contributed by atoms with Gasteiger partial charge < -0.3 is 33.1 Å². The quantitative estimate of drug-likeness (QED) is 0.199. The van der Waals surface area contributed by atoms with E-state index in [4.69, 9.17) is 33.1 Å². The third-order valence-electron chi connectivity index (χ3n) is 2.31. The predicted octanol–water partition coefficient (Wildman–Crippen LogP) is -2.46. The van der Waals surface area contributed by atoms with Gasteiger partial charge in [-0.05, 0) is 25.8 Å². The number of hydrogen-bond acceptors (Lipinski definition) is 6. The molecule has 21 heavy (non-hydrogen) atoms. The monoisotopic (exact) mass is 316 g/mol. The Morgan fingerprint density at radius 2 is 1.33 bits per heavy atom. The number of rotatable bonds is 9. The fourth-order valence-electron chi connectivity index (χ4n) is 1.05. The van der Waals surface area contributed by atoms with E-state index in [1.807, 2.05) is 0 Å². The summed E-state index contributed by atoms with van der Waals surface area (Å²) in [4.78, 5) is 30.3. The Labute approximate surface area is 145 Å². The van der Waals surface area contributed by atoms with Gasteiger partial charge in [-0.3, -0.25) is 14.4 Å². The zero-order valence-electron chi connectivity index (χ0n) is 11.3. The molecule has 1 amide bonds. The van der Waals surface area contributed by atoms with E-state index in [0.29, 0.717) is 13.0 Å². The van der Waals surface area contributed by atoms with Crippen molar-refractivity contribution in [2.24, 2.45) is 22.9 Å². The average Bonchev–Trinajstić information content (AvgIpc) is 2.36. The van der Waals surface area contributed by atoms with E-state index in [2.05, 4.69) is 0 Å². The molecule has 0 fully saturated rings. The van der Waals surface area contributed by atoms with E-state index in [0.717, 1.165) is 12.8 Å². The summed E-state index contributed by atoms with van der Waals surface area (Å²) in [6.45, 7) is 0.604. The van der Waals surface area contributed by atoms with Gasteiger partial charge in [-0.1, -0.05) is 6.42 Å². The van der Waals surface area contributed by atoms with E-state index in [-0.39, 0.29) is 42.4 Å². The van der Waals surface area contributed by atoms with Crippen LogP contribution in [0.2, 0.25) is 0 Å². The Kier molecular flexibility index (Phi) is 18.9. The standard InChI is InChI=1S/C6H14N2O2.C5H10N2O3.Na.H/c7-4-2-1-3-5(8)6(9)10;6-3(5(9)10)1-2-4(7)8;;/h5H,1-4,7-8H2,(H,9,10);3H,1-2,6H2,(H2,7,8)(H,9,10);;/t5-;3-;;/m00../s1. The third kappa shape index (κ3) is 19.3. The molecule has 120 valence electrons. The topological polar surface area (TPSA) is 196 Å². The van der Waals surface area contributed by atoms with Crippen molar-refractivity contribution in [1.29, 1.82) is 0 Å². The van der Waals surface area contributed by atoms with Gasteiger partial charge in [0, 0.05) is 6.42 Å². The van der Waals surface area contributed by atoms with Gasteiger partial charge in [0.15, 0.2) is 0 Å². The normalized spacial score (nSPS) is 12.1. The first-order valence-corrected chi connectivity index (χ1v) is 6.17. The molecule has 0 bridgehead atoms. The summed E-state index contributed by atoms with van der Waals surface area (Å²) in [6.07, 6.45) is 2.29. The first-order valence-electron chi connectivity index (χ1n) is 6.17. The minimum atomic E-state index is -1.11. The number of carboxylic acids is 2. The Balaban J connectivity index is -0.000000295. The molecule has 0 aromatic rings. The van der Waals surface area contributed by atoms with Gasteiger partial charge in [0.2, 0.25) is 5.91 Å². The van der Waals surface area contributed by atoms with Crippen molar-refractivity contribution in [1.82, 2.24) is 0 Å². The molecule has 9 nitrogen and oxygen atoms in total. The second-order valence-electron chi connectivity index (χ2n) is 4.18. The van der Waals surface area contributed by atoms with Crippen LogP contribution < -0.4 is 22.9 Å². The molecule has 10 N–H and O–H groups in total. The van der Waals surface area contributed by atoms with Crippen LogP contribution in [0.5, 0.6) is 0 Å². The molecule has 0 heterocycles. The summed E-state index contributed by atoms with van der Waals surface area (Å²) in [5.74, 6) is -2.57. The Morgan fingerprint density at radius 1 is 0.905 bits per heavy atom. The molecule has 0 saturated carbocycles. The summed E-state index contributed by atoms with van der Waals surface area (Å²) in [5, 5.41) is 16.5. The second kappa shape index (κ2) is 15.7. The van der Waals surface area contributed by atoms with Crippen LogP contribution in [0.25, 0.3) is 0 Å². The van der Waals surface area contributed by atoms with Crippen molar-refractivity contribution in [3.8, 4) is 0 Å². The summed E-state index contributed by atoms with van der Waals surface area (Å²) in [5.41, 5.74) is 20.2. The molecule has 0 rings (SSSR count). The van der Waals surface area contributed by atoms with Crippen LogP contribution in [0.3, 0.4) is 0 Å². The minimum absolute atomic E-state index is 0. The number of unbranched alkanes of at least 4 members (excludes halogenated alkanes) is 1. The predicted molar refractivity (Wildman–Crippen MR) is 79.7 cm³/mol. The van der Waals surface area contributed by atoms with Gasteiger partial charge in [-0.2, -0.15) is 0 Å². The van der Waals surface area contributed by atoms with Gasteiger partial charge in [-0.25, -0.2) is 0 Å². The van der Waals surface area contributed by atoms with E-state index >= 15 is 0 Å². The molecule has 0 saturated heterocycles. The first kappa shape index (κ1) is 25.3. The van der Waals surface area contributed by atoms with Crippen LogP contribution in [-0.2, 0) is 14.4 Å². The molecule has 0 aliphatic rings. The summed E-state index contributed by atoms with van der Waals surface area (Å²) < 4.78 is 0. The SMILES string of the molecule is NC(=O)CC[C@H](N)C(=O)O.NCCCC[C@H](N)C(=O)O.[NaH]. The molecular formula is C11H25N4NaO5. The molecule has 0 aliphatic heterocycles. The molecule has 0 aromatic heterocycles. The van der Waals surface area contributed by atoms with Crippen LogP contribution in [0.4, 0.5) is 0 Å².